The largest absolute Gasteiger partial charge is 0.339 e. The number of benzene rings is 2. The number of hydrogen-bond acceptors (Lipinski definition) is 3. The summed E-state index contributed by atoms with van der Waals surface area (Å²) < 4.78 is 40.6. The Bertz CT molecular complexity index is 921. The lowest BCUT2D eigenvalue weighted by molar-refractivity contribution is -0.126. The van der Waals surface area contributed by atoms with Crippen molar-refractivity contribution in [3.8, 4) is 0 Å². The van der Waals surface area contributed by atoms with Gasteiger partial charge in [0, 0.05) is 25.2 Å². The highest BCUT2D eigenvalue weighted by molar-refractivity contribution is 7.89. The van der Waals surface area contributed by atoms with Crippen LogP contribution in [-0.2, 0) is 14.8 Å². The summed E-state index contributed by atoms with van der Waals surface area (Å²) in [5.41, 5.74) is 0.619. The smallest absolute Gasteiger partial charge is 0.246 e. The molecule has 0 spiro atoms. The molecule has 0 aromatic heterocycles. The second-order valence-electron chi connectivity index (χ2n) is 6.42. The molecule has 1 aliphatic rings. The number of halogens is 1. The van der Waals surface area contributed by atoms with Gasteiger partial charge in [0.05, 0.1) is 4.90 Å². The quantitative estimate of drug-likeness (QED) is 0.801. The van der Waals surface area contributed by atoms with Gasteiger partial charge in [-0.1, -0.05) is 30.3 Å². The number of carbonyl (C=O) groups excluding carboxylic acids is 1. The normalized spacial score (nSPS) is 16.0. The molecule has 1 fully saturated rings. The van der Waals surface area contributed by atoms with E-state index in [2.05, 4.69) is 4.72 Å². The van der Waals surface area contributed by atoms with E-state index in [4.69, 9.17) is 0 Å². The van der Waals surface area contributed by atoms with Crippen molar-refractivity contribution < 1.29 is 17.6 Å². The zero-order valence-corrected chi connectivity index (χ0v) is 15.5. The highest BCUT2D eigenvalue weighted by Crippen LogP contribution is 2.15. The van der Waals surface area contributed by atoms with E-state index < -0.39 is 10.0 Å². The fraction of sp³-hybridized carbons (Fsp3) is 0.250. The average molecular weight is 388 g/mol. The highest BCUT2D eigenvalue weighted by Gasteiger charge is 2.25. The molecule has 0 unspecified atom stereocenters. The van der Waals surface area contributed by atoms with Gasteiger partial charge < -0.3 is 4.90 Å². The van der Waals surface area contributed by atoms with E-state index in [9.17, 15) is 17.6 Å². The van der Waals surface area contributed by atoms with Crippen LogP contribution in [0.15, 0.2) is 65.6 Å². The van der Waals surface area contributed by atoms with Gasteiger partial charge in [0.2, 0.25) is 15.9 Å². The summed E-state index contributed by atoms with van der Waals surface area (Å²) in [6, 6.07) is 14.0. The van der Waals surface area contributed by atoms with Gasteiger partial charge in [-0.2, -0.15) is 0 Å². The third-order valence-corrected chi connectivity index (χ3v) is 5.99. The lowest BCUT2D eigenvalue weighted by atomic mass is 10.1. The molecule has 3 rings (SSSR count). The van der Waals surface area contributed by atoms with Gasteiger partial charge in [-0.25, -0.2) is 17.5 Å². The summed E-state index contributed by atoms with van der Waals surface area (Å²) in [6.45, 7) is 0.933. The molecule has 27 heavy (non-hydrogen) atoms. The summed E-state index contributed by atoms with van der Waals surface area (Å²) in [5, 5.41) is 0. The first-order valence-corrected chi connectivity index (χ1v) is 10.2. The molecule has 0 bridgehead atoms. The number of piperidine rings is 1. The van der Waals surface area contributed by atoms with E-state index in [-0.39, 0.29) is 22.7 Å². The Morgan fingerprint density at radius 1 is 1.07 bits per heavy atom. The van der Waals surface area contributed by atoms with Crippen LogP contribution in [0.5, 0.6) is 0 Å². The fourth-order valence-electron chi connectivity index (χ4n) is 2.99. The van der Waals surface area contributed by atoms with Crippen molar-refractivity contribution in [3.63, 3.8) is 0 Å². The molecule has 5 nitrogen and oxygen atoms in total. The summed E-state index contributed by atoms with van der Waals surface area (Å²) >= 11 is 0. The first-order chi connectivity index (χ1) is 12.9. The second kappa shape index (κ2) is 8.45. The van der Waals surface area contributed by atoms with Crippen molar-refractivity contribution in [1.82, 2.24) is 9.62 Å². The third kappa shape index (κ3) is 5.24. The van der Waals surface area contributed by atoms with Crippen molar-refractivity contribution in [2.45, 2.75) is 23.8 Å². The molecule has 1 saturated heterocycles. The lowest BCUT2D eigenvalue weighted by Gasteiger charge is -2.31. The zero-order chi connectivity index (χ0) is 19.3. The summed E-state index contributed by atoms with van der Waals surface area (Å²) in [6.07, 6.45) is 4.09. The van der Waals surface area contributed by atoms with Crippen molar-refractivity contribution in [2.24, 2.45) is 0 Å². The number of hydrogen-bond donors (Lipinski definition) is 1. The Morgan fingerprint density at radius 3 is 2.44 bits per heavy atom. The van der Waals surface area contributed by atoms with Gasteiger partial charge in [0.25, 0.3) is 0 Å². The van der Waals surface area contributed by atoms with E-state index in [0.717, 1.165) is 0 Å². The number of amides is 1. The van der Waals surface area contributed by atoms with Crippen LogP contribution in [0.4, 0.5) is 4.39 Å². The summed E-state index contributed by atoms with van der Waals surface area (Å²) in [5.74, 6) is -0.514. The van der Waals surface area contributed by atoms with Crippen LogP contribution in [-0.4, -0.2) is 38.4 Å². The number of carbonyl (C=O) groups is 1. The monoisotopic (exact) mass is 388 g/mol. The van der Waals surface area contributed by atoms with E-state index in [1.54, 1.807) is 53.4 Å². The number of nitrogens with one attached hydrogen (secondary N) is 1. The minimum atomic E-state index is -3.55. The molecule has 1 heterocycles. The second-order valence-corrected chi connectivity index (χ2v) is 8.14. The number of rotatable bonds is 5. The number of nitrogens with zero attached hydrogens (tertiary/aromatic N) is 1. The van der Waals surface area contributed by atoms with E-state index in [1.165, 1.54) is 18.2 Å². The van der Waals surface area contributed by atoms with E-state index >= 15 is 0 Å². The predicted molar refractivity (Wildman–Crippen MR) is 102 cm³/mol. The summed E-state index contributed by atoms with van der Waals surface area (Å²) in [4.78, 5) is 14.2. The maximum Gasteiger partial charge on any atom is 0.246 e. The molecular formula is C20H21FN2O3S. The highest BCUT2D eigenvalue weighted by atomic mass is 32.2. The van der Waals surface area contributed by atoms with Crippen LogP contribution in [0.1, 0.15) is 18.4 Å². The fourth-order valence-corrected chi connectivity index (χ4v) is 4.31. The van der Waals surface area contributed by atoms with Crippen LogP contribution in [0.2, 0.25) is 0 Å². The molecule has 2 aromatic rings. The molecule has 1 amide bonds. The van der Waals surface area contributed by atoms with Gasteiger partial charge in [0.15, 0.2) is 0 Å². The number of likely N-dealkylation sites (tertiary alicyclic amines) is 1. The van der Waals surface area contributed by atoms with Crippen molar-refractivity contribution >= 4 is 22.0 Å². The lowest BCUT2D eigenvalue weighted by Crippen LogP contribution is -2.46. The molecule has 1 N–H and O–H groups in total. The first kappa shape index (κ1) is 19.3. The van der Waals surface area contributed by atoms with Crippen LogP contribution in [0, 0.1) is 5.82 Å². The maximum absolute atomic E-state index is 13.2. The first-order valence-electron chi connectivity index (χ1n) is 8.74. The molecule has 1 aliphatic heterocycles. The molecule has 142 valence electrons. The minimum Gasteiger partial charge on any atom is -0.339 e. The van der Waals surface area contributed by atoms with E-state index in [0.29, 0.717) is 31.5 Å². The average Bonchev–Trinajstić information content (AvgIpc) is 2.67. The Hall–Kier alpha value is -2.51. The van der Waals surface area contributed by atoms with Gasteiger partial charge in [0.1, 0.15) is 5.82 Å². The van der Waals surface area contributed by atoms with Crippen molar-refractivity contribution in [1.29, 1.82) is 0 Å². The molecule has 2 aromatic carbocycles. The van der Waals surface area contributed by atoms with Gasteiger partial charge in [-0.3, -0.25) is 4.79 Å². The molecule has 0 atom stereocenters. The zero-order valence-electron chi connectivity index (χ0n) is 14.7. The van der Waals surface area contributed by atoms with Crippen molar-refractivity contribution in [2.75, 3.05) is 13.1 Å². The SMILES string of the molecule is O=C(/C=C/c1cccc(F)c1)N1CCC(NS(=O)(=O)c2ccccc2)CC1. The van der Waals surface area contributed by atoms with Crippen LogP contribution in [0.3, 0.4) is 0 Å². The molecule has 7 heteroatoms. The Labute approximate surface area is 158 Å². The number of sulfonamides is 1. The van der Waals surface area contributed by atoms with Gasteiger partial charge >= 0.3 is 0 Å². The minimum absolute atomic E-state index is 0.163. The standard InChI is InChI=1S/C20H21FN2O3S/c21-17-6-4-5-16(15-17)9-10-20(24)23-13-11-18(12-14-23)22-27(25,26)19-7-2-1-3-8-19/h1-10,15,18,22H,11-14H2/b10-9+. The molecule has 0 radical (unpaired) electrons. The Kier molecular flexibility index (Phi) is 6.03. The molecule has 0 saturated carbocycles. The third-order valence-electron chi connectivity index (χ3n) is 4.45. The van der Waals surface area contributed by atoms with E-state index in [1.807, 2.05) is 0 Å². The molecule has 0 aliphatic carbocycles. The van der Waals surface area contributed by atoms with Crippen LogP contribution < -0.4 is 4.72 Å². The van der Waals surface area contributed by atoms with Crippen molar-refractivity contribution in [3.05, 3.63) is 72.1 Å². The van der Waals surface area contributed by atoms with Gasteiger partial charge in [-0.15, -0.1) is 0 Å². The Morgan fingerprint density at radius 2 is 1.78 bits per heavy atom. The molecular weight excluding hydrogens is 367 g/mol. The summed E-state index contributed by atoms with van der Waals surface area (Å²) in [7, 11) is -3.55. The Balaban J connectivity index is 1.53. The maximum atomic E-state index is 13.2. The topological polar surface area (TPSA) is 66.5 Å². The van der Waals surface area contributed by atoms with Crippen LogP contribution in [0.25, 0.3) is 6.08 Å². The predicted octanol–water partition coefficient (Wildman–Crippen LogP) is 2.81. The van der Waals surface area contributed by atoms with Crippen LogP contribution >= 0.6 is 0 Å². The van der Waals surface area contributed by atoms with Gasteiger partial charge in [-0.05, 0) is 48.7 Å².